The molecule has 0 bridgehead atoms. The zero-order chi connectivity index (χ0) is 15.4. The van der Waals surface area contributed by atoms with E-state index in [9.17, 15) is 4.21 Å². The van der Waals surface area contributed by atoms with Gasteiger partial charge in [0.05, 0.1) is 12.3 Å². The molecule has 22 heavy (non-hydrogen) atoms. The summed E-state index contributed by atoms with van der Waals surface area (Å²) in [6.07, 6.45) is 0. The molecule has 0 aliphatic carbocycles. The lowest BCUT2D eigenvalue weighted by atomic mass is 10.2. The first-order valence-electron chi connectivity index (χ1n) is 7.49. The van der Waals surface area contributed by atoms with E-state index in [0.717, 1.165) is 53.2 Å². The molecule has 1 fully saturated rings. The fourth-order valence-electron chi connectivity index (χ4n) is 2.44. The Morgan fingerprint density at radius 1 is 1.27 bits per heavy atom. The van der Waals surface area contributed by atoms with Crippen LogP contribution < -0.4 is 4.74 Å². The van der Waals surface area contributed by atoms with E-state index in [0.29, 0.717) is 6.61 Å². The molecule has 0 atom stereocenters. The quantitative estimate of drug-likeness (QED) is 0.842. The Bertz CT molecular complexity index is 630. The molecule has 3 rings (SSSR count). The first-order valence-corrected chi connectivity index (χ1v) is 9.86. The highest BCUT2D eigenvalue weighted by Gasteiger charge is 2.16. The average molecular weight is 336 g/mol. The van der Waals surface area contributed by atoms with Gasteiger partial charge in [-0.2, -0.15) is 0 Å². The standard InChI is InChI=1S/C16H20N2O2S2/c1-2-20-15-5-3-13(4-6-15)16-17-14(12-21-16)11-18-7-9-22(19)10-8-18/h3-6,12H,2,7-11H2,1H3. The first kappa shape index (κ1) is 15.6. The average Bonchev–Trinajstić information content (AvgIpc) is 2.99. The van der Waals surface area contributed by atoms with E-state index in [1.165, 1.54) is 0 Å². The molecule has 2 heterocycles. The van der Waals surface area contributed by atoms with Gasteiger partial charge >= 0.3 is 0 Å². The van der Waals surface area contributed by atoms with Gasteiger partial charge < -0.3 is 4.74 Å². The molecule has 1 aromatic carbocycles. The molecule has 118 valence electrons. The highest BCUT2D eigenvalue weighted by Crippen LogP contribution is 2.26. The number of benzene rings is 1. The summed E-state index contributed by atoms with van der Waals surface area (Å²) in [7, 11) is -0.619. The van der Waals surface area contributed by atoms with Crippen LogP contribution in [0.2, 0.25) is 0 Å². The summed E-state index contributed by atoms with van der Waals surface area (Å²) in [4.78, 5) is 7.06. The molecule has 1 saturated heterocycles. The third kappa shape index (κ3) is 3.94. The molecule has 1 aliphatic heterocycles. The van der Waals surface area contributed by atoms with E-state index in [2.05, 4.69) is 22.4 Å². The SMILES string of the molecule is CCOc1ccc(-c2nc(CN3CCS(=O)CC3)cs2)cc1. The van der Waals surface area contributed by atoms with Crippen LogP contribution in [0.15, 0.2) is 29.6 Å². The van der Waals surface area contributed by atoms with E-state index >= 15 is 0 Å². The predicted octanol–water partition coefficient (Wildman–Crippen LogP) is 2.77. The van der Waals surface area contributed by atoms with Crippen LogP contribution in [0.25, 0.3) is 10.6 Å². The summed E-state index contributed by atoms with van der Waals surface area (Å²) < 4.78 is 16.8. The molecule has 0 saturated carbocycles. The molecule has 0 radical (unpaired) electrons. The van der Waals surface area contributed by atoms with Crippen molar-refractivity contribution in [3.05, 3.63) is 35.3 Å². The second-order valence-corrected chi connectivity index (χ2v) is 7.78. The Balaban J connectivity index is 1.64. The van der Waals surface area contributed by atoms with E-state index in [4.69, 9.17) is 9.72 Å². The highest BCUT2D eigenvalue weighted by atomic mass is 32.2. The Labute approximate surface area is 137 Å². The van der Waals surface area contributed by atoms with Crippen molar-refractivity contribution < 1.29 is 8.95 Å². The van der Waals surface area contributed by atoms with Crippen LogP contribution in [0.5, 0.6) is 5.75 Å². The maximum absolute atomic E-state index is 11.4. The van der Waals surface area contributed by atoms with Crippen LogP contribution in [-0.2, 0) is 17.3 Å². The molecule has 0 spiro atoms. The third-order valence-corrected chi connectivity index (χ3v) is 5.84. The van der Waals surface area contributed by atoms with Crippen molar-refractivity contribution in [3.63, 3.8) is 0 Å². The zero-order valence-electron chi connectivity index (χ0n) is 12.7. The van der Waals surface area contributed by atoms with E-state index in [-0.39, 0.29) is 0 Å². The second kappa shape index (κ2) is 7.35. The highest BCUT2D eigenvalue weighted by molar-refractivity contribution is 7.85. The molecule has 4 nitrogen and oxygen atoms in total. The lowest BCUT2D eigenvalue weighted by Crippen LogP contribution is -2.37. The molecule has 2 aromatic rings. The number of hydrogen-bond donors (Lipinski definition) is 0. The summed E-state index contributed by atoms with van der Waals surface area (Å²) in [6, 6.07) is 8.08. The minimum atomic E-state index is -0.619. The number of aromatic nitrogens is 1. The van der Waals surface area contributed by atoms with Gasteiger partial charge in [-0.1, -0.05) is 0 Å². The van der Waals surface area contributed by atoms with Gasteiger partial charge in [0, 0.05) is 52.9 Å². The van der Waals surface area contributed by atoms with E-state index in [1.54, 1.807) is 11.3 Å². The fourth-order valence-corrected chi connectivity index (χ4v) is 4.38. The molecule has 0 amide bonds. The van der Waals surface area contributed by atoms with Gasteiger partial charge in [-0.05, 0) is 31.2 Å². The summed E-state index contributed by atoms with van der Waals surface area (Å²) in [5.41, 5.74) is 2.22. The predicted molar refractivity (Wildman–Crippen MR) is 91.9 cm³/mol. The van der Waals surface area contributed by atoms with Crippen LogP contribution in [0, 0.1) is 0 Å². The van der Waals surface area contributed by atoms with Crippen molar-refractivity contribution >= 4 is 22.1 Å². The van der Waals surface area contributed by atoms with Crippen molar-refractivity contribution in [2.75, 3.05) is 31.2 Å². The van der Waals surface area contributed by atoms with Gasteiger partial charge in [-0.15, -0.1) is 11.3 Å². The van der Waals surface area contributed by atoms with Crippen LogP contribution in [0.3, 0.4) is 0 Å². The lowest BCUT2D eigenvalue weighted by Gasteiger charge is -2.25. The molecule has 1 aromatic heterocycles. The van der Waals surface area contributed by atoms with Crippen LogP contribution >= 0.6 is 11.3 Å². The molecular formula is C16H20N2O2S2. The van der Waals surface area contributed by atoms with Gasteiger partial charge in [-0.25, -0.2) is 4.98 Å². The smallest absolute Gasteiger partial charge is 0.123 e. The first-order chi connectivity index (χ1) is 10.7. The summed E-state index contributed by atoms with van der Waals surface area (Å²) in [6.45, 7) is 5.33. The minimum absolute atomic E-state index is 0.619. The molecular weight excluding hydrogens is 316 g/mol. The Morgan fingerprint density at radius 3 is 2.68 bits per heavy atom. The minimum Gasteiger partial charge on any atom is -0.494 e. The molecule has 0 unspecified atom stereocenters. The molecule has 1 aliphatic rings. The maximum atomic E-state index is 11.4. The number of ether oxygens (including phenoxy) is 1. The Hall–Kier alpha value is -1.24. The van der Waals surface area contributed by atoms with E-state index < -0.39 is 10.8 Å². The van der Waals surface area contributed by atoms with Crippen molar-refractivity contribution in [3.8, 4) is 16.3 Å². The normalized spacial score (nSPS) is 16.8. The molecule has 6 heteroatoms. The zero-order valence-corrected chi connectivity index (χ0v) is 14.3. The Morgan fingerprint density at radius 2 is 2.00 bits per heavy atom. The summed E-state index contributed by atoms with van der Waals surface area (Å²) in [5, 5.41) is 3.16. The lowest BCUT2D eigenvalue weighted by molar-refractivity contribution is 0.288. The van der Waals surface area contributed by atoms with Crippen molar-refractivity contribution in [1.29, 1.82) is 0 Å². The van der Waals surface area contributed by atoms with Gasteiger partial charge in [0.25, 0.3) is 0 Å². The largest absolute Gasteiger partial charge is 0.494 e. The number of hydrogen-bond acceptors (Lipinski definition) is 5. The van der Waals surface area contributed by atoms with Crippen LogP contribution in [-0.4, -0.2) is 45.3 Å². The third-order valence-electron chi connectivity index (χ3n) is 3.62. The molecule has 0 N–H and O–H groups in total. The second-order valence-electron chi connectivity index (χ2n) is 5.23. The number of thiazole rings is 1. The summed E-state index contributed by atoms with van der Waals surface area (Å²) in [5.74, 6) is 2.47. The van der Waals surface area contributed by atoms with Crippen molar-refractivity contribution in [1.82, 2.24) is 9.88 Å². The van der Waals surface area contributed by atoms with Gasteiger partial charge in [-0.3, -0.25) is 9.11 Å². The topological polar surface area (TPSA) is 42.4 Å². The van der Waals surface area contributed by atoms with Crippen LogP contribution in [0.4, 0.5) is 0 Å². The number of nitrogens with zero attached hydrogens (tertiary/aromatic N) is 2. The Kier molecular flexibility index (Phi) is 5.23. The van der Waals surface area contributed by atoms with Crippen molar-refractivity contribution in [2.24, 2.45) is 0 Å². The van der Waals surface area contributed by atoms with Crippen LogP contribution in [0.1, 0.15) is 12.6 Å². The van der Waals surface area contributed by atoms with Gasteiger partial charge in [0.1, 0.15) is 10.8 Å². The summed E-state index contributed by atoms with van der Waals surface area (Å²) >= 11 is 1.67. The number of rotatable bonds is 5. The van der Waals surface area contributed by atoms with Gasteiger partial charge in [0.2, 0.25) is 0 Å². The van der Waals surface area contributed by atoms with Crippen molar-refractivity contribution in [2.45, 2.75) is 13.5 Å². The monoisotopic (exact) mass is 336 g/mol. The van der Waals surface area contributed by atoms with Gasteiger partial charge in [0.15, 0.2) is 0 Å². The fraction of sp³-hybridized carbons (Fsp3) is 0.438. The van der Waals surface area contributed by atoms with E-state index in [1.807, 2.05) is 19.1 Å². The maximum Gasteiger partial charge on any atom is 0.123 e.